The Hall–Kier alpha value is -3.07. The molecule has 3 rings (SSSR count). The molecule has 0 fully saturated rings. The molecule has 0 spiro atoms. The van der Waals surface area contributed by atoms with Crippen LogP contribution in [0.5, 0.6) is 0 Å². The average molecular weight is 374 g/mol. The fourth-order valence-electron chi connectivity index (χ4n) is 2.49. The number of rotatable bonds is 6. The molecule has 0 bridgehead atoms. The van der Waals surface area contributed by atoms with Crippen LogP contribution in [0.2, 0.25) is 0 Å². The number of aromatic amines is 2. The zero-order valence-electron chi connectivity index (χ0n) is 14.0. The smallest absolute Gasteiger partial charge is 0.323 e. The van der Waals surface area contributed by atoms with E-state index in [-0.39, 0.29) is 22.1 Å². The molecule has 0 unspecified atom stereocenters. The van der Waals surface area contributed by atoms with Crippen LogP contribution in [0.25, 0.3) is 11.0 Å². The lowest BCUT2D eigenvalue weighted by atomic mass is 10.1. The third-order valence-corrected chi connectivity index (χ3v) is 5.11. The van der Waals surface area contributed by atoms with E-state index in [0.717, 1.165) is 6.42 Å². The number of imidazole rings is 1. The number of aromatic nitrogens is 2. The second kappa shape index (κ2) is 7.04. The van der Waals surface area contributed by atoms with Gasteiger partial charge < -0.3 is 15.3 Å². The lowest BCUT2D eigenvalue weighted by Crippen LogP contribution is -2.25. The first-order chi connectivity index (χ1) is 12.4. The summed E-state index contributed by atoms with van der Waals surface area (Å²) >= 11 is 0. The number of carbonyl (C=O) groups is 1. The van der Waals surface area contributed by atoms with E-state index in [0.29, 0.717) is 17.6 Å². The number of anilines is 1. The van der Waals surface area contributed by atoms with Gasteiger partial charge in [-0.25, -0.2) is 13.2 Å². The van der Waals surface area contributed by atoms with E-state index in [1.54, 1.807) is 18.2 Å². The van der Waals surface area contributed by atoms with Gasteiger partial charge in [-0.3, -0.25) is 9.52 Å². The van der Waals surface area contributed by atoms with Gasteiger partial charge in [0.15, 0.2) is 0 Å². The van der Waals surface area contributed by atoms with Crippen molar-refractivity contribution in [1.82, 2.24) is 15.3 Å². The van der Waals surface area contributed by atoms with Gasteiger partial charge in [-0.05, 0) is 36.8 Å². The molecule has 2 aromatic carbocycles. The predicted molar refractivity (Wildman–Crippen MR) is 98.8 cm³/mol. The van der Waals surface area contributed by atoms with Crippen molar-refractivity contribution in [2.45, 2.75) is 18.2 Å². The van der Waals surface area contributed by atoms with Crippen LogP contribution in [0.1, 0.15) is 23.7 Å². The molecule has 26 heavy (non-hydrogen) atoms. The fraction of sp³-hybridized carbons (Fsp3) is 0.176. The van der Waals surface area contributed by atoms with E-state index in [1.807, 2.05) is 6.92 Å². The first kappa shape index (κ1) is 17.7. The molecular formula is C17H18N4O4S. The van der Waals surface area contributed by atoms with Crippen LogP contribution in [0.15, 0.2) is 52.2 Å². The summed E-state index contributed by atoms with van der Waals surface area (Å²) in [4.78, 5) is 28.6. The van der Waals surface area contributed by atoms with Gasteiger partial charge >= 0.3 is 5.69 Å². The number of sulfonamides is 1. The molecule has 0 atom stereocenters. The Bertz CT molecular complexity index is 1110. The number of hydrogen-bond acceptors (Lipinski definition) is 4. The molecule has 0 aliphatic rings. The van der Waals surface area contributed by atoms with E-state index >= 15 is 0 Å². The average Bonchev–Trinajstić information content (AvgIpc) is 2.99. The molecule has 1 amide bonds. The zero-order valence-corrected chi connectivity index (χ0v) is 14.8. The van der Waals surface area contributed by atoms with E-state index in [4.69, 9.17) is 0 Å². The number of para-hydroxylation sites is 1. The minimum Gasteiger partial charge on any atom is -0.352 e. The fourth-order valence-corrected chi connectivity index (χ4v) is 3.59. The third kappa shape index (κ3) is 3.62. The molecule has 8 nitrogen and oxygen atoms in total. The van der Waals surface area contributed by atoms with Crippen LogP contribution in [-0.2, 0) is 10.0 Å². The van der Waals surface area contributed by atoms with Gasteiger partial charge in [-0.2, -0.15) is 0 Å². The first-order valence-electron chi connectivity index (χ1n) is 8.03. The second-order valence-corrected chi connectivity index (χ2v) is 7.38. The quantitative estimate of drug-likeness (QED) is 0.525. The lowest BCUT2D eigenvalue weighted by molar-refractivity contribution is 0.0954. The summed E-state index contributed by atoms with van der Waals surface area (Å²) in [6, 6.07) is 10.6. The van der Waals surface area contributed by atoms with E-state index in [2.05, 4.69) is 20.0 Å². The van der Waals surface area contributed by atoms with Crippen molar-refractivity contribution in [3.8, 4) is 0 Å². The molecule has 136 valence electrons. The Morgan fingerprint density at radius 3 is 2.58 bits per heavy atom. The normalized spacial score (nSPS) is 11.4. The third-order valence-electron chi connectivity index (χ3n) is 3.75. The second-order valence-electron chi connectivity index (χ2n) is 5.69. The van der Waals surface area contributed by atoms with Crippen LogP contribution in [-0.4, -0.2) is 30.8 Å². The maximum atomic E-state index is 12.7. The number of fused-ring (bicyclic) bond motifs is 1. The molecular weight excluding hydrogens is 356 g/mol. The minimum atomic E-state index is -3.94. The Morgan fingerprint density at radius 2 is 1.81 bits per heavy atom. The summed E-state index contributed by atoms with van der Waals surface area (Å²) in [6.07, 6.45) is 0.772. The highest BCUT2D eigenvalue weighted by atomic mass is 32.2. The maximum absolute atomic E-state index is 12.7. The van der Waals surface area contributed by atoms with E-state index in [9.17, 15) is 18.0 Å². The summed E-state index contributed by atoms with van der Waals surface area (Å²) < 4.78 is 27.8. The zero-order chi connectivity index (χ0) is 18.7. The summed E-state index contributed by atoms with van der Waals surface area (Å²) in [7, 11) is -3.94. The van der Waals surface area contributed by atoms with E-state index < -0.39 is 15.7 Å². The number of nitrogens with one attached hydrogen (secondary N) is 4. The topological polar surface area (TPSA) is 124 Å². The molecule has 0 aliphatic carbocycles. The van der Waals surface area contributed by atoms with Gasteiger partial charge in [-0.15, -0.1) is 0 Å². The van der Waals surface area contributed by atoms with Crippen molar-refractivity contribution in [3.63, 3.8) is 0 Å². The summed E-state index contributed by atoms with van der Waals surface area (Å²) in [5, 5.41) is 2.72. The molecule has 0 saturated carbocycles. The highest BCUT2D eigenvalue weighted by Gasteiger charge is 2.19. The highest BCUT2D eigenvalue weighted by molar-refractivity contribution is 7.92. The van der Waals surface area contributed by atoms with Crippen LogP contribution in [0, 0.1) is 0 Å². The molecule has 3 aromatic rings. The minimum absolute atomic E-state index is 0.0241. The van der Waals surface area contributed by atoms with Gasteiger partial charge in [0.25, 0.3) is 15.9 Å². The molecule has 0 aliphatic heterocycles. The van der Waals surface area contributed by atoms with Crippen LogP contribution in [0.3, 0.4) is 0 Å². The van der Waals surface area contributed by atoms with Gasteiger partial charge in [0.05, 0.1) is 27.2 Å². The summed E-state index contributed by atoms with van der Waals surface area (Å²) in [6.45, 7) is 2.42. The highest BCUT2D eigenvalue weighted by Crippen LogP contribution is 2.21. The first-order valence-corrected chi connectivity index (χ1v) is 9.51. The van der Waals surface area contributed by atoms with Crippen LogP contribution < -0.4 is 15.7 Å². The molecule has 9 heteroatoms. The molecule has 4 N–H and O–H groups in total. The molecule has 0 radical (unpaired) electrons. The van der Waals surface area contributed by atoms with Gasteiger partial charge in [0.2, 0.25) is 0 Å². The monoisotopic (exact) mass is 374 g/mol. The predicted octanol–water partition coefficient (Wildman–Crippen LogP) is 1.80. The van der Waals surface area contributed by atoms with Crippen molar-refractivity contribution in [2.24, 2.45) is 0 Å². The number of H-pyrrole nitrogens is 2. The summed E-state index contributed by atoms with van der Waals surface area (Å²) in [5.74, 6) is -0.351. The number of benzene rings is 2. The number of amides is 1. The number of hydrogen-bond donors (Lipinski definition) is 4. The van der Waals surface area contributed by atoms with Crippen molar-refractivity contribution < 1.29 is 13.2 Å². The Labute approximate surface area is 149 Å². The molecule has 0 saturated heterocycles. The SMILES string of the molecule is CCCNC(=O)c1ccccc1NS(=O)(=O)c1ccc2[nH]c(=O)[nH]c2c1. The van der Waals surface area contributed by atoms with E-state index in [1.165, 1.54) is 24.3 Å². The number of carbonyl (C=O) groups excluding carboxylic acids is 1. The van der Waals surface area contributed by atoms with Crippen molar-refractivity contribution in [3.05, 3.63) is 58.5 Å². The summed E-state index contributed by atoms with van der Waals surface area (Å²) in [5.41, 5.74) is 0.894. The molecule has 1 aromatic heterocycles. The van der Waals surface area contributed by atoms with Crippen molar-refractivity contribution in [1.29, 1.82) is 0 Å². The van der Waals surface area contributed by atoms with Crippen LogP contribution in [0.4, 0.5) is 5.69 Å². The van der Waals surface area contributed by atoms with Gasteiger partial charge in [0, 0.05) is 6.54 Å². The Balaban J connectivity index is 1.94. The van der Waals surface area contributed by atoms with Gasteiger partial charge in [-0.1, -0.05) is 19.1 Å². The van der Waals surface area contributed by atoms with Crippen molar-refractivity contribution >= 4 is 32.7 Å². The Kier molecular flexibility index (Phi) is 4.81. The standard InChI is InChI=1S/C17H18N4O4S/c1-2-9-18-16(22)12-5-3-4-6-13(12)21-26(24,25)11-7-8-14-15(10-11)20-17(23)19-14/h3-8,10,21H,2,9H2,1H3,(H,18,22)(H2,19,20,23). The van der Waals surface area contributed by atoms with Crippen molar-refractivity contribution in [2.75, 3.05) is 11.3 Å². The Morgan fingerprint density at radius 1 is 1.08 bits per heavy atom. The maximum Gasteiger partial charge on any atom is 0.323 e. The molecule has 1 heterocycles. The largest absolute Gasteiger partial charge is 0.352 e. The van der Waals surface area contributed by atoms with Gasteiger partial charge in [0.1, 0.15) is 0 Å². The lowest BCUT2D eigenvalue weighted by Gasteiger charge is -2.12. The van der Waals surface area contributed by atoms with Crippen LogP contribution >= 0.6 is 0 Å².